The summed E-state index contributed by atoms with van der Waals surface area (Å²) in [4.78, 5) is 42.2. The first kappa shape index (κ1) is 46.4. The average Bonchev–Trinajstić information content (AvgIpc) is 3.08. The Morgan fingerprint density at radius 1 is 0.745 bits per heavy atom. The Morgan fingerprint density at radius 2 is 1.22 bits per heavy atom. The Kier molecular flexibility index (Phi) is 22.3. The van der Waals surface area contributed by atoms with Crippen molar-refractivity contribution in [2.45, 2.75) is 72.8 Å². The van der Waals surface area contributed by atoms with Gasteiger partial charge < -0.3 is 25.3 Å². The number of hydrogen-bond donors (Lipinski definition) is 2. The molecule has 0 bridgehead atoms. The zero-order chi connectivity index (χ0) is 39.0. The highest BCUT2D eigenvalue weighted by Crippen LogP contribution is 2.30. The molecule has 0 saturated heterocycles. The molecule has 51 heavy (non-hydrogen) atoms. The minimum atomic E-state index is -0.483. The van der Waals surface area contributed by atoms with Gasteiger partial charge in [0.05, 0.1) is 5.54 Å². The Hall–Kier alpha value is -4.59. The van der Waals surface area contributed by atoms with E-state index in [0.29, 0.717) is 58.2 Å². The normalized spacial score (nSPS) is 11.3. The molecule has 0 heterocycles. The third-order valence-corrected chi connectivity index (χ3v) is 8.45. The molecule has 0 fully saturated rings. The third-order valence-electron chi connectivity index (χ3n) is 8.45. The molecule has 5 amide bonds. The number of nitrogens with one attached hydrogen (secondary N) is 2. The van der Waals surface area contributed by atoms with E-state index < -0.39 is 5.54 Å². The van der Waals surface area contributed by atoms with Crippen molar-refractivity contribution in [3.8, 4) is 0 Å². The molecule has 8 heteroatoms. The molecule has 8 nitrogen and oxygen atoms in total. The predicted octanol–water partition coefficient (Wildman–Crippen LogP) is 9.13. The van der Waals surface area contributed by atoms with Gasteiger partial charge in [-0.3, -0.25) is 4.79 Å². The molecule has 0 aliphatic carbocycles. The van der Waals surface area contributed by atoms with Crippen molar-refractivity contribution < 1.29 is 14.4 Å². The van der Waals surface area contributed by atoms with Gasteiger partial charge in [0.25, 0.3) is 0 Å². The number of urea groups is 2. The van der Waals surface area contributed by atoms with Crippen LogP contribution in [0, 0.1) is 11.3 Å². The van der Waals surface area contributed by atoms with E-state index in [0.717, 1.165) is 36.0 Å². The monoisotopic (exact) mass is 702 g/mol. The van der Waals surface area contributed by atoms with Crippen molar-refractivity contribution >= 4 is 23.5 Å². The van der Waals surface area contributed by atoms with Gasteiger partial charge in [-0.2, -0.15) is 0 Å². The SMILES string of the molecule is C=CCN(CC=C)C(=O)CCC(C)(C)CCC(C)CNC(=O)N(CC=C)CC=C.C=CCN(CC=C)C(=O)NC(C)(C)c1cccc(C(=C)C)c1. The van der Waals surface area contributed by atoms with Gasteiger partial charge in [-0.15, -0.1) is 39.5 Å². The molecule has 0 radical (unpaired) electrons. The summed E-state index contributed by atoms with van der Waals surface area (Å²) < 4.78 is 0. The van der Waals surface area contributed by atoms with Crippen LogP contribution < -0.4 is 10.6 Å². The standard InChI is InChI=1S/C24H41N3O2.C19H26N2O/c1-8-16-26(17-9-2)22(28)13-15-24(6,7)14-12-21(5)20-25-23(29)27(18-10-3)19-11-4;1-7-12-21(13-8-2)18(22)20-19(5,6)17-11-9-10-16(14-17)15(3)4/h8-11,21H,1-4,12-20H2,5-7H3,(H,25,29);7-11,14H,1-3,12-13H2,4-6H3,(H,20,22). The summed E-state index contributed by atoms with van der Waals surface area (Å²) in [6.07, 6.45) is 13.7. The average molecular weight is 702 g/mol. The number of nitrogens with zero attached hydrogens (tertiary/aromatic N) is 3. The number of amides is 5. The van der Waals surface area contributed by atoms with Crippen LogP contribution in [-0.2, 0) is 10.3 Å². The molecule has 1 aromatic carbocycles. The predicted molar refractivity (Wildman–Crippen MR) is 218 cm³/mol. The van der Waals surface area contributed by atoms with Crippen LogP contribution in [-0.4, -0.2) is 78.5 Å². The largest absolute Gasteiger partial charge is 0.338 e. The zero-order valence-electron chi connectivity index (χ0n) is 32.6. The van der Waals surface area contributed by atoms with Crippen molar-refractivity contribution in [3.63, 3.8) is 0 Å². The minimum Gasteiger partial charge on any atom is -0.338 e. The smallest absolute Gasteiger partial charge is 0.318 e. The first-order valence-electron chi connectivity index (χ1n) is 17.8. The third kappa shape index (κ3) is 18.8. The van der Waals surface area contributed by atoms with E-state index in [4.69, 9.17) is 0 Å². The summed E-state index contributed by atoms with van der Waals surface area (Å²) >= 11 is 0. The summed E-state index contributed by atoms with van der Waals surface area (Å²) in [5.74, 6) is 0.504. The molecule has 0 aliphatic rings. The maximum absolute atomic E-state index is 12.4. The Labute approximate surface area is 310 Å². The van der Waals surface area contributed by atoms with Gasteiger partial charge in [-0.05, 0) is 68.6 Å². The van der Waals surface area contributed by atoms with Gasteiger partial charge in [0.1, 0.15) is 0 Å². The molecule has 1 atom stereocenters. The topological polar surface area (TPSA) is 85.0 Å². The van der Waals surface area contributed by atoms with Gasteiger partial charge in [0.15, 0.2) is 0 Å². The summed E-state index contributed by atoms with van der Waals surface area (Å²) in [7, 11) is 0. The van der Waals surface area contributed by atoms with Gasteiger partial charge in [0, 0.05) is 52.2 Å². The van der Waals surface area contributed by atoms with E-state index in [-0.39, 0.29) is 23.4 Å². The van der Waals surface area contributed by atoms with Crippen molar-refractivity contribution in [1.82, 2.24) is 25.3 Å². The number of benzene rings is 1. The van der Waals surface area contributed by atoms with Crippen LogP contribution in [0.1, 0.15) is 78.4 Å². The molecule has 0 spiro atoms. The molecular weight excluding hydrogens is 635 g/mol. The van der Waals surface area contributed by atoms with Gasteiger partial charge >= 0.3 is 12.1 Å². The van der Waals surface area contributed by atoms with Crippen LogP contribution in [0.3, 0.4) is 0 Å². The summed E-state index contributed by atoms with van der Waals surface area (Å²) in [5.41, 5.74) is 2.71. The van der Waals surface area contributed by atoms with Crippen LogP contribution in [0.15, 0.2) is 107 Å². The van der Waals surface area contributed by atoms with Crippen molar-refractivity contribution in [3.05, 3.63) is 118 Å². The first-order valence-corrected chi connectivity index (χ1v) is 17.8. The second-order valence-electron chi connectivity index (χ2n) is 14.3. The number of allylic oxidation sites excluding steroid dienone is 1. The molecular formula is C43H67N5O3. The Balaban J connectivity index is 0.00000102. The molecule has 0 aliphatic heterocycles. The lowest BCUT2D eigenvalue weighted by Crippen LogP contribution is -2.48. The number of rotatable bonds is 23. The molecule has 282 valence electrons. The molecule has 1 aromatic rings. The molecule has 0 saturated carbocycles. The summed E-state index contributed by atoms with van der Waals surface area (Å²) in [5, 5.41) is 6.06. The van der Waals surface area contributed by atoms with Gasteiger partial charge in [-0.1, -0.05) is 87.6 Å². The second-order valence-corrected chi connectivity index (χ2v) is 14.3. The van der Waals surface area contributed by atoms with Crippen LogP contribution in [0.4, 0.5) is 9.59 Å². The maximum Gasteiger partial charge on any atom is 0.318 e. The van der Waals surface area contributed by atoms with Gasteiger partial charge in [-0.25, -0.2) is 9.59 Å². The van der Waals surface area contributed by atoms with E-state index in [1.165, 1.54) is 0 Å². The molecule has 0 aromatic heterocycles. The quantitative estimate of drug-likeness (QED) is 0.112. The Morgan fingerprint density at radius 3 is 1.69 bits per heavy atom. The fraction of sp³-hybridized carbons (Fsp3) is 0.465. The number of carbonyl (C=O) groups is 3. The highest BCUT2D eigenvalue weighted by Gasteiger charge is 2.26. The molecule has 1 unspecified atom stereocenters. The van der Waals surface area contributed by atoms with Crippen LogP contribution in [0.2, 0.25) is 0 Å². The lowest BCUT2D eigenvalue weighted by atomic mass is 9.81. The first-order chi connectivity index (χ1) is 24.0. The fourth-order valence-electron chi connectivity index (χ4n) is 5.13. The molecule has 1 rings (SSSR count). The lowest BCUT2D eigenvalue weighted by Gasteiger charge is -2.31. The zero-order valence-corrected chi connectivity index (χ0v) is 32.6. The highest BCUT2D eigenvalue weighted by molar-refractivity contribution is 5.77. The van der Waals surface area contributed by atoms with Gasteiger partial charge in [0.2, 0.25) is 5.91 Å². The van der Waals surface area contributed by atoms with Crippen molar-refractivity contribution in [2.75, 3.05) is 45.8 Å². The minimum absolute atomic E-state index is 0.0691. The maximum atomic E-state index is 12.4. The van der Waals surface area contributed by atoms with E-state index in [1.807, 2.05) is 39.0 Å². The number of hydrogen-bond acceptors (Lipinski definition) is 3. The number of carbonyl (C=O) groups excluding carboxylic acids is 3. The van der Waals surface area contributed by atoms with E-state index >= 15 is 0 Å². The van der Waals surface area contributed by atoms with E-state index in [2.05, 4.69) is 83.5 Å². The van der Waals surface area contributed by atoms with Crippen LogP contribution >= 0.6 is 0 Å². The highest BCUT2D eigenvalue weighted by atomic mass is 16.2. The van der Waals surface area contributed by atoms with E-state index in [1.54, 1.807) is 51.2 Å². The second kappa shape index (κ2) is 24.5. The molecule has 2 N–H and O–H groups in total. The Bertz CT molecular complexity index is 1300. The summed E-state index contributed by atoms with van der Waals surface area (Å²) in [6.45, 7) is 42.3. The van der Waals surface area contributed by atoms with Crippen molar-refractivity contribution in [1.29, 1.82) is 0 Å². The lowest BCUT2D eigenvalue weighted by molar-refractivity contribution is -0.130. The summed E-state index contributed by atoms with van der Waals surface area (Å²) in [6, 6.07) is 7.85. The van der Waals surface area contributed by atoms with E-state index in [9.17, 15) is 14.4 Å². The van der Waals surface area contributed by atoms with Crippen molar-refractivity contribution in [2.24, 2.45) is 11.3 Å². The van der Waals surface area contributed by atoms with Crippen LogP contribution in [0.25, 0.3) is 5.57 Å². The van der Waals surface area contributed by atoms with Crippen LogP contribution in [0.5, 0.6) is 0 Å². The fourth-order valence-corrected chi connectivity index (χ4v) is 5.13.